The van der Waals surface area contributed by atoms with Crippen LogP contribution in [0.3, 0.4) is 0 Å². The number of rotatable bonds is 4. The molecule has 1 unspecified atom stereocenters. The molecule has 0 radical (unpaired) electrons. The molecule has 0 aromatic rings. The molecule has 0 saturated carbocycles. The fourth-order valence-corrected chi connectivity index (χ4v) is 1.34. The molecular weight excluding hydrogens is 162 g/mol. The second-order valence-electron chi connectivity index (χ2n) is 4.65. The molecule has 0 aliphatic heterocycles. The summed E-state index contributed by atoms with van der Waals surface area (Å²) >= 11 is 0. The van der Waals surface area contributed by atoms with Crippen LogP contribution in [-0.2, 0) is 4.79 Å². The Kier molecular flexibility index (Phi) is 4.72. The molecule has 13 heavy (non-hydrogen) atoms. The lowest BCUT2D eigenvalue weighted by molar-refractivity contribution is -0.118. The van der Waals surface area contributed by atoms with E-state index in [1.807, 2.05) is 0 Å². The summed E-state index contributed by atoms with van der Waals surface area (Å²) in [5.41, 5.74) is 5.98. The van der Waals surface area contributed by atoms with Crippen LogP contribution >= 0.6 is 0 Å². The summed E-state index contributed by atoms with van der Waals surface area (Å²) in [7, 11) is 0. The van der Waals surface area contributed by atoms with Crippen LogP contribution < -0.4 is 5.73 Å². The van der Waals surface area contributed by atoms with E-state index in [0.717, 1.165) is 6.42 Å². The molecular formula is C11H19NO. The van der Waals surface area contributed by atoms with Gasteiger partial charge in [-0.3, -0.25) is 4.79 Å². The summed E-state index contributed by atoms with van der Waals surface area (Å²) in [4.78, 5) is 11.1. The van der Waals surface area contributed by atoms with E-state index in [4.69, 9.17) is 12.2 Å². The second-order valence-corrected chi connectivity index (χ2v) is 4.65. The van der Waals surface area contributed by atoms with Gasteiger partial charge in [0.2, 0.25) is 0 Å². The number of ketones is 1. The van der Waals surface area contributed by atoms with Crippen molar-refractivity contribution < 1.29 is 4.79 Å². The highest BCUT2D eigenvalue weighted by Crippen LogP contribution is 2.21. The zero-order valence-corrected chi connectivity index (χ0v) is 8.76. The van der Waals surface area contributed by atoms with Gasteiger partial charge in [0.25, 0.3) is 0 Å². The van der Waals surface area contributed by atoms with E-state index in [1.54, 1.807) is 0 Å². The Morgan fingerprint density at radius 1 is 1.54 bits per heavy atom. The zero-order chi connectivity index (χ0) is 10.5. The van der Waals surface area contributed by atoms with Crippen molar-refractivity contribution in [2.24, 2.45) is 11.1 Å². The number of terminal acetylenes is 1. The molecule has 2 nitrogen and oxygen atoms in total. The summed E-state index contributed by atoms with van der Waals surface area (Å²) in [5, 5.41) is 0. The largest absolute Gasteiger partial charge is 0.327 e. The van der Waals surface area contributed by atoms with Gasteiger partial charge in [-0.1, -0.05) is 26.7 Å². The van der Waals surface area contributed by atoms with Crippen molar-refractivity contribution in [3.8, 4) is 12.3 Å². The lowest BCUT2D eigenvalue weighted by atomic mass is 9.86. The number of hydrogen-bond acceptors (Lipinski definition) is 2. The van der Waals surface area contributed by atoms with Gasteiger partial charge >= 0.3 is 0 Å². The van der Waals surface area contributed by atoms with Gasteiger partial charge in [0.05, 0.1) is 6.42 Å². The number of carbonyl (C=O) groups is 1. The summed E-state index contributed by atoms with van der Waals surface area (Å²) in [6.45, 7) is 6.33. The number of hydrogen-bond donors (Lipinski definition) is 1. The van der Waals surface area contributed by atoms with Gasteiger partial charge in [-0.25, -0.2) is 0 Å². The summed E-state index contributed by atoms with van der Waals surface area (Å²) in [6.07, 6.45) is 6.48. The Morgan fingerprint density at radius 2 is 2.08 bits per heavy atom. The van der Waals surface area contributed by atoms with Crippen LogP contribution in [0, 0.1) is 17.8 Å². The van der Waals surface area contributed by atoms with Crippen LogP contribution in [0.5, 0.6) is 0 Å². The van der Waals surface area contributed by atoms with E-state index in [-0.39, 0.29) is 23.7 Å². The van der Waals surface area contributed by atoms with Crippen molar-refractivity contribution >= 4 is 5.78 Å². The third kappa shape index (κ3) is 7.55. The smallest absolute Gasteiger partial charge is 0.146 e. The normalized spacial score (nSPS) is 13.5. The van der Waals surface area contributed by atoms with E-state index in [9.17, 15) is 4.79 Å². The molecule has 0 aliphatic carbocycles. The first-order valence-corrected chi connectivity index (χ1v) is 4.56. The van der Waals surface area contributed by atoms with E-state index >= 15 is 0 Å². The highest BCUT2D eigenvalue weighted by molar-refractivity contribution is 5.81. The molecule has 74 valence electrons. The van der Waals surface area contributed by atoms with Crippen molar-refractivity contribution in [1.29, 1.82) is 0 Å². The van der Waals surface area contributed by atoms with Gasteiger partial charge in [0.1, 0.15) is 5.78 Å². The van der Waals surface area contributed by atoms with Gasteiger partial charge in [-0.15, -0.1) is 6.42 Å². The van der Waals surface area contributed by atoms with E-state index in [1.165, 1.54) is 0 Å². The Bertz CT molecular complexity index is 207. The maximum Gasteiger partial charge on any atom is 0.146 e. The Morgan fingerprint density at radius 3 is 2.46 bits per heavy atom. The molecule has 0 aromatic carbocycles. The molecule has 0 aliphatic rings. The third-order valence-corrected chi connectivity index (χ3v) is 1.66. The Hall–Kier alpha value is -0.810. The molecule has 0 heterocycles. The van der Waals surface area contributed by atoms with E-state index in [0.29, 0.717) is 6.42 Å². The first-order chi connectivity index (χ1) is 5.85. The minimum Gasteiger partial charge on any atom is -0.327 e. The van der Waals surface area contributed by atoms with Crippen LogP contribution in [0.1, 0.15) is 40.0 Å². The van der Waals surface area contributed by atoms with Crippen LogP contribution in [0.15, 0.2) is 0 Å². The van der Waals surface area contributed by atoms with Gasteiger partial charge in [0, 0.05) is 12.5 Å². The molecule has 0 aromatic heterocycles. The first kappa shape index (κ1) is 12.2. The quantitative estimate of drug-likeness (QED) is 0.671. The van der Waals surface area contributed by atoms with Crippen molar-refractivity contribution in [2.75, 3.05) is 0 Å². The Balaban J connectivity index is 3.82. The van der Waals surface area contributed by atoms with Gasteiger partial charge in [-0.05, 0) is 11.8 Å². The molecule has 0 spiro atoms. The standard InChI is InChI=1S/C11H19NO/c1-5-6-10(13)7-9(12)8-11(2,3)4/h1,9H,6-8,12H2,2-4H3. The maximum absolute atomic E-state index is 11.1. The first-order valence-electron chi connectivity index (χ1n) is 4.56. The molecule has 2 heteroatoms. The van der Waals surface area contributed by atoms with Crippen molar-refractivity contribution in [3.05, 3.63) is 0 Å². The summed E-state index contributed by atoms with van der Waals surface area (Å²) in [6, 6.07) is -0.0548. The van der Waals surface area contributed by atoms with E-state index in [2.05, 4.69) is 26.7 Å². The van der Waals surface area contributed by atoms with Crippen molar-refractivity contribution in [1.82, 2.24) is 0 Å². The highest BCUT2D eigenvalue weighted by atomic mass is 16.1. The fourth-order valence-electron chi connectivity index (χ4n) is 1.34. The van der Waals surface area contributed by atoms with E-state index < -0.39 is 0 Å². The zero-order valence-electron chi connectivity index (χ0n) is 8.76. The van der Waals surface area contributed by atoms with Gasteiger partial charge in [0.15, 0.2) is 0 Å². The SMILES string of the molecule is C#CCC(=O)CC(N)CC(C)(C)C. The van der Waals surface area contributed by atoms with Crippen molar-refractivity contribution in [2.45, 2.75) is 46.1 Å². The molecule has 0 amide bonds. The average Bonchev–Trinajstić information content (AvgIpc) is 1.81. The molecule has 0 rings (SSSR count). The van der Waals surface area contributed by atoms with Gasteiger partial charge < -0.3 is 5.73 Å². The molecule has 0 bridgehead atoms. The summed E-state index contributed by atoms with van der Waals surface area (Å²) < 4.78 is 0. The molecule has 2 N–H and O–H groups in total. The number of carbonyl (C=O) groups excluding carboxylic acids is 1. The van der Waals surface area contributed by atoms with Crippen LogP contribution in [0.25, 0.3) is 0 Å². The average molecular weight is 181 g/mol. The third-order valence-electron chi connectivity index (χ3n) is 1.66. The number of nitrogens with two attached hydrogens (primary N) is 1. The van der Waals surface area contributed by atoms with Gasteiger partial charge in [-0.2, -0.15) is 0 Å². The lowest BCUT2D eigenvalue weighted by Crippen LogP contribution is -2.28. The maximum atomic E-state index is 11.1. The van der Waals surface area contributed by atoms with Crippen LogP contribution in [-0.4, -0.2) is 11.8 Å². The predicted octanol–water partition coefficient (Wildman–Crippen LogP) is 1.73. The van der Waals surface area contributed by atoms with Crippen LogP contribution in [0.4, 0.5) is 0 Å². The minimum absolute atomic E-state index is 0.0548. The van der Waals surface area contributed by atoms with Crippen LogP contribution in [0.2, 0.25) is 0 Å². The topological polar surface area (TPSA) is 43.1 Å². The number of Topliss-reactive ketones (excluding diaryl/α,β-unsaturated/α-hetero) is 1. The highest BCUT2D eigenvalue weighted by Gasteiger charge is 2.17. The lowest BCUT2D eigenvalue weighted by Gasteiger charge is -2.22. The summed E-state index contributed by atoms with van der Waals surface area (Å²) in [5.74, 6) is 2.40. The van der Waals surface area contributed by atoms with Crippen molar-refractivity contribution in [3.63, 3.8) is 0 Å². The molecule has 0 saturated heterocycles. The Labute approximate surface area is 80.9 Å². The molecule has 0 fully saturated rings. The molecule has 1 atom stereocenters. The predicted molar refractivity (Wildman–Crippen MR) is 55.1 cm³/mol. The fraction of sp³-hybridized carbons (Fsp3) is 0.727. The monoisotopic (exact) mass is 181 g/mol. The minimum atomic E-state index is -0.0548. The second kappa shape index (κ2) is 5.04.